The van der Waals surface area contributed by atoms with E-state index in [-0.39, 0.29) is 5.60 Å². The van der Waals surface area contributed by atoms with Crippen LogP contribution in [0.5, 0.6) is 17.2 Å². The van der Waals surface area contributed by atoms with Crippen LogP contribution in [-0.2, 0) is 4.74 Å². The molecule has 1 fully saturated rings. The molecule has 0 amide bonds. The monoisotopic (exact) mass is 425 g/mol. The van der Waals surface area contributed by atoms with Gasteiger partial charge in [-0.1, -0.05) is 18.2 Å². The van der Waals surface area contributed by atoms with Crippen LogP contribution in [0.1, 0.15) is 50.2 Å². The Bertz CT molecular complexity index is 877. The fourth-order valence-corrected chi connectivity index (χ4v) is 4.56. The molecule has 0 bridgehead atoms. The standard InChI is InChI=1S/C26H35NO4/c1-26(2)17-20(13-15-31-26)21(22-8-6-7-9-23(22)28-3)12-14-27-18-19-10-11-24(29-4)25(16-19)30-5/h6-11,16,18,20-21H,12-15,17H2,1-5H3/t20-,21-/m1/s1. The Kier molecular flexibility index (Phi) is 7.97. The van der Waals surface area contributed by atoms with Crippen LogP contribution in [0.2, 0.25) is 0 Å². The predicted octanol–water partition coefficient (Wildman–Crippen LogP) is 5.51. The Morgan fingerprint density at radius 1 is 1.03 bits per heavy atom. The molecule has 1 aliphatic heterocycles. The number of aliphatic imine (C=N–C) groups is 1. The van der Waals surface area contributed by atoms with E-state index in [4.69, 9.17) is 23.9 Å². The van der Waals surface area contributed by atoms with Crippen molar-refractivity contribution in [3.8, 4) is 17.2 Å². The highest BCUT2D eigenvalue weighted by Crippen LogP contribution is 2.42. The second-order valence-electron chi connectivity index (χ2n) is 8.65. The maximum atomic E-state index is 5.98. The zero-order valence-corrected chi connectivity index (χ0v) is 19.4. The fraction of sp³-hybridized carbons (Fsp3) is 0.500. The van der Waals surface area contributed by atoms with Crippen LogP contribution in [0.25, 0.3) is 0 Å². The first kappa shape index (κ1) is 23.1. The average Bonchev–Trinajstić information content (AvgIpc) is 2.78. The Morgan fingerprint density at radius 3 is 2.48 bits per heavy atom. The summed E-state index contributed by atoms with van der Waals surface area (Å²) >= 11 is 0. The lowest BCUT2D eigenvalue weighted by Crippen LogP contribution is -2.36. The highest BCUT2D eigenvalue weighted by Gasteiger charge is 2.34. The summed E-state index contributed by atoms with van der Waals surface area (Å²) in [5, 5.41) is 0. The van der Waals surface area contributed by atoms with Gasteiger partial charge in [0.2, 0.25) is 0 Å². The number of para-hydroxylation sites is 1. The molecule has 0 aromatic heterocycles. The summed E-state index contributed by atoms with van der Waals surface area (Å²) in [5.74, 6) is 3.31. The van der Waals surface area contributed by atoms with Crippen molar-refractivity contribution < 1.29 is 18.9 Å². The quantitative estimate of drug-likeness (QED) is 0.497. The molecule has 0 aliphatic carbocycles. The van der Waals surface area contributed by atoms with Crippen LogP contribution in [0, 0.1) is 5.92 Å². The molecule has 1 aliphatic rings. The number of nitrogens with zero attached hydrogens (tertiary/aromatic N) is 1. The second-order valence-corrected chi connectivity index (χ2v) is 8.65. The summed E-state index contributed by atoms with van der Waals surface area (Å²) in [4.78, 5) is 4.73. The van der Waals surface area contributed by atoms with Crippen molar-refractivity contribution in [2.24, 2.45) is 10.9 Å². The van der Waals surface area contributed by atoms with E-state index in [0.717, 1.165) is 49.5 Å². The third kappa shape index (κ3) is 6.01. The maximum Gasteiger partial charge on any atom is 0.161 e. The molecule has 168 valence electrons. The van der Waals surface area contributed by atoms with Gasteiger partial charge in [-0.05, 0) is 80.3 Å². The molecule has 31 heavy (non-hydrogen) atoms. The number of rotatable bonds is 9. The van der Waals surface area contributed by atoms with Crippen molar-refractivity contribution in [2.45, 2.75) is 44.6 Å². The number of ether oxygens (including phenoxy) is 4. The van der Waals surface area contributed by atoms with Gasteiger partial charge in [-0.15, -0.1) is 0 Å². The van der Waals surface area contributed by atoms with Gasteiger partial charge in [0.15, 0.2) is 11.5 Å². The molecule has 5 nitrogen and oxygen atoms in total. The molecular formula is C26H35NO4. The summed E-state index contributed by atoms with van der Waals surface area (Å²) in [6, 6.07) is 14.2. The summed E-state index contributed by atoms with van der Waals surface area (Å²) < 4.78 is 22.4. The minimum absolute atomic E-state index is 0.0912. The first-order valence-electron chi connectivity index (χ1n) is 11.0. The molecule has 0 radical (unpaired) electrons. The van der Waals surface area contributed by atoms with Crippen molar-refractivity contribution in [3.05, 3.63) is 53.6 Å². The summed E-state index contributed by atoms with van der Waals surface area (Å²) in [5.41, 5.74) is 2.18. The first-order valence-corrected chi connectivity index (χ1v) is 11.0. The Labute approximate surface area is 186 Å². The largest absolute Gasteiger partial charge is 0.496 e. The van der Waals surface area contributed by atoms with Gasteiger partial charge >= 0.3 is 0 Å². The number of methoxy groups -OCH3 is 3. The highest BCUT2D eigenvalue weighted by atomic mass is 16.5. The summed E-state index contributed by atoms with van der Waals surface area (Å²) in [6.07, 6.45) is 4.97. The highest BCUT2D eigenvalue weighted by molar-refractivity contribution is 5.80. The predicted molar refractivity (Wildman–Crippen MR) is 125 cm³/mol. The maximum absolute atomic E-state index is 5.98. The van der Waals surface area contributed by atoms with Gasteiger partial charge in [-0.3, -0.25) is 4.99 Å². The lowest BCUT2D eigenvalue weighted by atomic mass is 9.75. The van der Waals surface area contributed by atoms with Crippen molar-refractivity contribution in [1.82, 2.24) is 0 Å². The Hall–Kier alpha value is -2.53. The van der Waals surface area contributed by atoms with Crippen LogP contribution in [0.4, 0.5) is 0 Å². The van der Waals surface area contributed by atoms with Crippen LogP contribution < -0.4 is 14.2 Å². The normalized spacial score (nSPS) is 19.2. The van der Waals surface area contributed by atoms with Crippen molar-refractivity contribution >= 4 is 6.21 Å². The Balaban J connectivity index is 1.75. The molecule has 2 aromatic rings. The van der Waals surface area contributed by atoms with Gasteiger partial charge in [-0.2, -0.15) is 0 Å². The van der Waals surface area contributed by atoms with Crippen LogP contribution >= 0.6 is 0 Å². The molecule has 5 heteroatoms. The molecule has 3 rings (SSSR count). The molecule has 0 saturated carbocycles. The molecule has 0 unspecified atom stereocenters. The zero-order chi connectivity index (χ0) is 22.3. The van der Waals surface area contributed by atoms with Crippen LogP contribution in [0.3, 0.4) is 0 Å². The van der Waals surface area contributed by atoms with E-state index in [2.05, 4.69) is 32.0 Å². The fourth-order valence-electron chi connectivity index (χ4n) is 4.56. The average molecular weight is 426 g/mol. The van der Waals surface area contributed by atoms with Crippen LogP contribution in [0.15, 0.2) is 47.5 Å². The third-order valence-corrected chi connectivity index (χ3v) is 6.06. The molecular weight excluding hydrogens is 390 g/mol. The third-order valence-electron chi connectivity index (χ3n) is 6.06. The molecule has 1 saturated heterocycles. The van der Waals surface area contributed by atoms with Gasteiger partial charge in [0.25, 0.3) is 0 Å². The van der Waals surface area contributed by atoms with Gasteiger partial charge in [-0.25, -0.2) is 0 Å². The lowest BCUT2D eigenvalue weighted by molar-refractivity contribution is -0.0771. The SMILES string of the molecule is COc1ccc(C=NCC[C@@H](c2ccccc2OC)[C@@H]2CCOC(C)(C)C2)cc1OC. The van der Waals surface area contributed by atoms with E-state index >= 15 is 0 Å². The smallest absolute Gasteiger partial charge is 0.161 e. The van der Waals surface area contributed by atoms with E-state index in [0.29, 0.717) is 17.6 Å². The van der Waals surface area contributed by atoms with Gasteiger partial charge in [0.05, 0.1) is 26.9 Å². The zero-order valence-electron chi connectivity index (χ0n) is 19.4. The van der Waals surface area contributed by atoms with E-state index in [1.54, 1.807) is 21.3 Å². The van der Waals surface area contributed by atoms with E-state index in [9.17, 15) is 0 Å². The van der Waals surface area contributed by atoms with E-state index < -0.39 is 0 Å². The number of hydrogen-bond donors (Lipinski definition) is 0. The van der Waals surface area contributed by atoms with Crippen molar-refractivity contribution in [2.75, 3.05) is 34.5 Å². The van der Waals surface area contributed by atoms with Gasteiger partial charge < -0.3 is 18.9 Å². The molecule has 0 spiro atoms. The first-order chi connectivity index (χ1) is 15.0. The summed E-state index contributed by atoms with van der Waals surface area (Å²) in [6.45, 7) is 5.92. The second kappa shape index (κ2) is 10.7. The van der Waals surface area contributed by atoms with Crippen LogP contribution in [-0.4, -0.2) is 46.3 Å². The Morgan fingerprint density at radius 2 is 1.77 bits per heavy atom. The molecule has 1 heterocycles. The van der Waals surface area contributed by atoms with Crippen molar-refractivity contribution in [3.63, 3.8) is 0 Å². The minimum Gasteiger partial charge on any atom is -0.496 e. The van der Waals surface area contributed by atoms with Gasteiger partial charge in [0.1, 0.15) is 5.75 Å². The van der Waals surface area contributed by atoms with E-state index in [1.807, 2.05) is 30.5 Å². The number of benzene rings is 2. The van der Waals surface area contributed by atoms with E-state index in [1.165, 1.54) is 5.56 Å². The molecule has 0 N–H and O–H groups in total. The minimum atomic E-state index is -0.0912. The summed E-state index contributed by atoms with van der Waals surface area (Å²) in [7, 11) is 5.03. The number of hydrogen-bond acceptors (Lipinski definition) is 5. The van der Waals surface area contributed by atoms with Crippen molar-refractivity contribution in [1.29, 1.82) is 0 Å². The molecule has 2 aromatic carbocycles. The lowest BCUT2D eigenvalue weighted by Gasteiger charge is -2.39. The topological polar surface area (TPSA) is 49.3 Å². The molecule has 2 atom stereocenters. The van der Waals surface area contributed by atoms with Gasteiger partial charge in [0, 0.05) is 19.4 Å².